The van der Waals surface area contributed by atoms with Crippen molar-refractivity contribution in [3.05, 3.63) is 46.8 Å². The second-order valence-corrected chi connectivity index (χ2v) is 7.57. The zero-order chi connectivity index (χ0) is 20.4. The highest BCUT2D eigenvalue weighted by Gasteiger charge is 2.27. The number of ketones is 1. The van der Waals surface area contributed by atoms with E-state index in [9.17, 15) is 15.2 Å². The van der Waals surface area contributed by atoms with E-state index >= 15 is 0 Å². The Labute approximate surface area is 161 Å². The molecule has 5 heteroatoms. The lowest BCUT2D eigenvalue weighted by Gasteiger charge is -2.17. The first-order chi connectivity index (χ1) is 12.7. The molecule has 0 saturated carbocycles. The molecule has 0 saturated heterocycles. The van der Waals surface area contributed by atoms with Gasteiger partial charge in [0.25, 0.3) is 0 Å². The lowest BCUT2D eigenvalue weighted by molar-refractivity contribution is -0.102. The maximum absolute atomic E-state index is 12.5. The fourth-order valence-corrected chi connectivity index (χ4v) is 3.33. The molecule has 2 rings (SSSR count). The lowest BCUT2D eigenvalue weighted by Crippen LogP contribution is -2.19. The number of hydrogen-bond acceptors (Lipinski definition) is 4. The van der Waals surface area contributed by atoms with Crippen LogP contribution in [0.2, 0.25) is 0 Å². The molecule has 0 aliphatic carbocycles. The minimum atomic E-state index is -1.13. The van der Waals surface area contributed by atoms with E-state index in [1.807, 2.05) is 58.4 Å². The number of benzene rings is 1. The maximum atomic E-state index is 12.5. The Morgan fingerprint density at radius 3 is 2.30 bits per heavy atom. The number of carbonyl (C=O) groups is 1. The van der Waals surface area contributed by atoms with Crippen LogP contribution in [0.3, 0.4) is 0 Å². The molecule has 5 nitrogen and oxygen atoms in total. The molecule has 1 aromatic heterocycles. The summed E-state index contributed by atoms with van der Waals surface area (Å²) in [6, 6.07) is 9.49. The smallest absolute Gasteiger partial charge is 0.197 e. The van der Waals surface area contributed by atoms with Crippen LogP contribution in [0, 0.1) is 16.7 Å². The van der Waals surface area contributed by atoms with E-state index < -0.39 is 11.7 Å². The zero-order valence-corrected chi connectivity index (χ0v) is 17.0. The molecule has 0 aliphatic heterocycles. The highest BCUT2D eigenvalue weighted by molar-refractivity contribution is 6.00. The molecular weight excluding hydrogens is 340 g/mol. The van der Waals surface area contributed by atoms with Crippen molar-refractivity contribution in [1.82, 2.24) is 4.57 Å². The van der Waals surface area contributed by atoms with Crippen LogP contribution >= 0.6 is 0 Å². The second kappa shape index (κ2) is 8.08. The van der Waals surface area contributed by atoms with Gasteiger partial charge in [0.05, 0.1) is 11.3 Å². The summed E-state index contributed by atoms with van der Waals surface area (Å²) < 4.78 is 7.24. The van der Waals surface area contributed by atoms with Gasteiger partial charge in [-0.15, -0.1) is 0 Å². The van der Waals surface area contributed by atoms with Crippen molar-refractivity contribution in [2.24, 2.45) is 12.5 Å². The predicted molar refractivity (Wildman–Crippen MR) is 105 cm³/mol. The van der Waals surface area contributed by atoms with Gasteiger partial charge >= 0.3 is 0 Å². The van der Waals surface area contributed by atoms with E-state index in [2.05, 4.69) is 6.07 Å². The van der Waals surface area contributed by atoms with Gasteiger partial charge < -0.3 is 14.4 Å². The van der Waals surface area contributed by atoms with Gasteiger partial charge in [-0.3, -0.25) is 4.79 Å². The molecule has 0 spiro atoms. The van der Waals surface area contributed by atoms with E-state index in [-0.39, 0.29) is 5.78 Å². The first-order valence-electron chi connectivity index (χ1n) is 9.23. The molecule has 1 atom stereocenters. The third-order valence-corrected chi connectivity index (χ3v) is 4.68. The standard InChI is InChI=1S/C22H28N2O3/c1-7-17-16(13-23)18(19(24(17)6)21(26)27-8-2)14-9-11-15(12-10-14)20(25)22(3,4)5/h9-12,21,26H,7-8H2,1-6H3. The Kier molecular flexibility index (Phi) is 6.25. The lowest BCUT2D eigenvalue weighted by atomic mass is 9.86. The van der Waals surface area contributed by atoms with E-state index in [0.717, 1.165) is 11.3 Å². The molecular formula is C22H28N2O3. The fraction of sp³-hybridized carbons (Fsp3) is 0.455. The molecule has 0 bridgehead atoms. The predicted octanol–water partition coefficient (Wildman–Crippen LogP) is 4.38. The minimum absolute atomic E-state index is 0.0615. The number of nitriles is 1. The molecule has 0 amide bonds. The van der Waals surface area contributed by atoms with Crippen LogP contribution in [0.4, 0.5) is 0 Å². The zero-order valence-electron chi connectivity index (χ0n) is 17.0. The normalized spacial score (nSPS) is 12.7. The summed E-state index contributed by atoms with van der Waals surface area (Å²) in [6.07, 6.45) is -0.468. The summed E-state index contributed by atoms with van der Waals surface area (Å²) >= 11 is 0. The van der Waals surface area contributed by atoms with Gasteiger partial charge in [-0.1, -0.05) is 52.0 Å². The fourth-order valence-electron chi connectivity index (χ4n) is 3.33. The van der Waals surface area contributed by atoms with Gasteiger partial charge in [-0.05, 0) is 18.9 Å². The number of aliphatic hydroxyl groups is 1. The number of hydrogen-bond donors (Lipinski definition) is 1. The SMILES string of the molecule is CCOC(O)c1c(-c2ccc(C(=O)C(C)(C)C)cc2)c(C#N)c(CC)n1C. The largest absolute Gasteiger partial charge is 0.363 e. The van der Waals surface area contributed by atoms with Crippen LogP contribution in [-0.2, 0) is 18.2 Å². The number of aromatic nitrogens is 1. The summed E-state index contributed by atoms with van der Waals surface area (Å²) in [4.78, 5) is 12.5. The Hall–Kier alpha value is -2.42. The monoisotopic (exact) mass is 368 g/mol. The summed E-state index contributed by atoms with van der Waals surface area (Å²) in [5.41, 5.74) is 3.54. The molecule has 0 aliphatic rings. The van der Waals surface area contributed by atoms with E-state index in [0.29, 0.717) is 35.4 Å². The van der Waals surface area contributed by atoms with Crippen molar-refractivity contribution in [1.29, 1.82) is 5.26 Å². The van der Waals surface area contributed by atoms with Crippen molar-refractivity contribution in [3.63, 3.8) is 0 Å². The highest BCUT2D eigenvalue weighted by atomic mass is 16.6. The van der Waals surface area contributed by atoms with Gasteiger partial charge in [-0.2, -0.15) is 5.26 Å². The summed E-state index contributed by atoms with van der Waals surface area (Å²) in [5.74, 6) is 0.0615. The molecule has 2 aromatic rings. The quantitative estimate of drug-likeness (QED) is 0.606. The van der Waals surface area contributed by atoms with E-state index in [1.165, 1.54) is 0 Å². The Bertz CT molecular complexity index is 865. The van der Waals surface area contributed by atoms with Gasteiger partial charge in [0.1, 0.15) is 6.07 Å². The van der Waals surface area contributed by atoms with Crippen LogP contribution in [0.25, 0.3) is 11.1 Å². The number of rotatable bonds is 6. The summed E-state index contributed by atoms with van der Waals surface area (Å²) in [7, 11) is 1.83. The average Bonchev–Trinajstić information content (AvgIpc) is 2.92. The van der Waals surface area contributed by atoms with Crippen molar-refractivity contribution >= 4 is 5.78 Å². The van der Waals surface area contributed by atoms with Crippen LogP contribution in [0.1, 0.15) is 68.2 Å². The van der Waals surface area contributed by atoms with E-state index in [4.69, 9.17) is 4.74 Å². The van der Waals surface area contributed by atoms with Crippen LogP contribution < -0.4 is 0 Å². The van der Waals surface area contributed by atoms with Crippen LogP contribution in [0.15, 0.2) is 24.3 Å². The van der Waals surface area contributed by atoms with Crippen LogP contribution in [-0.4, -0.2) is 22.1 Å². The third kappa shape index (κ3) is 3.97. The van der Waals surface area contributed by atoms with E-state index in [1.54, 1.807) is 12.1 Å². The molecule has 27 heavy (non-hydrogen) atoms. The molecule has 1 N–H and O–H groups in total. The Balaban J connectivity index is 2.64. The van der Waals surface area contributed by atoms with Crippen molar-refractivity contribution in [2.75, 3.05) is 6.61 Å². The number of carbonyl (C=O) groups excluding carboxylic acids is 1. The van der Waals surface area contributed by atoms with Gasteiger partial charge in [0, 0.05) is 35.9 Å². The maximum Gasteiger partial charge on any atom is 0.197 e. The summed E-state index contributed by atoms with van der Waals surface area (Å²) in [5, 5.41) is 20.3. The Morgan fingerprint density at radius 1 is 1.26 bits per heavy atom. The number of ether oxygens (including phenoxy) is 1. The van der Waals surface area contributed by atoms with Gasteiger partial charge in [0.15, 0.2) is 12.1 Å². The van der Waals surface area contributed by atoms with Gasteiger partial charge in [-0.25, -0.2) is 0 Å². The second-order valence-electron chi connectivity index (χ2n) is 7.57. The molecule has 1 unspecified atom stereocenters. The molecule has 0 radical (unpaired) electrons. The number of Topliss-reactive ketones (excluding diaryl/α,β-unsaturated/α-hetero) is 1. The highest BCUT2D eigenvalue weighted by Crippen LogP contribution is 2.36. The van der Waals surface area contributed by atoms with Crippen LogP contribution in [0.5, 0.6) is 0 Å². The number of nitrogens with zero attached hydrogens (tertiary/aromatic N) is 2. The van der Waals surface area contributed by atoms with Gasteiger partial charge in [0.2, 0.25) is 0 Å². The molecule has 1 heterocycles. The van der Waals surface area contributed by atoms with Crippen molar-refractivity contribution < 1.29 is 14.6 Å². The molecule has 0 fully saturated rings. The minimum Gasteiger partial charge on any atom is -0.363 e. The Morgan fingerprint density at radius 2 is 1.85 bits per heavy atom. The first kappa shape index (κ1) is 20.9. The van der Waals surface area contributed by atoms with Crippen molar-refractivity contribution in [2.45, 2.75) is 47.3 Å². The van der Waals surface area contributed by atoms with Crippen molar-refractivity contribution in [3.8, 4) is 17.2 Å². The molecule has 144 valence electrons. The first-order valence-corrected chi connectivity index (χ1v) is 9.23. The molecule has 1 aromatic carbocycles. The number of aliphatic hydroxyl groups excluding tert-OH is 1. The average molecular weight is 368 g/mol. The third-order valence-electron chi connectivity index (χ3n) is 4.68. The summed E-state index contributed by atoms with van der Waals surface area (Å²) in [6.45, 7) is 9.80. The topological polar surface area (TPSA) is 75.2 Å².